The molecule has 2 rings (SSSR count). The highest BCUT2D eigenvalue weighted by Gasteiger charge is 2.46. The zero-order chi connectivity index (χ0) is 13.0. The van der Waals surface area contributed by atoms with Crippen molar-refractivity contribution in [1.82, 2.24) is 4.90 Å². The molecule has 0 saturated carbocycles. The van der Waals surface area contributed by atoms with Gasteiger partial charge in [0.05, 0.1) is 13.2 Å². The number of benzene rings is 1. The van der Waals surface area contributed by atoms with Gasteiger partial charge in [-0.1, -0.05) is 30.3 Å². The Balaban J connectivity index is 1.82. The summed E-state index contributed by atoms with van der Waals surface area (Å²) >= 11 is 0. The average molecular weight is 249 g/mol. The normalized spacial score (nSPS) is 17.4. The van der Waals surface area contributed by atoms with Crippen molar-refractivity contribution in [3.05, 3.63) is 35.9 Å². The molecule has 0 bridgehead atoms. The van der Waals surface area contributed by atoms with Gasteiger partial charge in [0.25, 0.3) is 0 Å². The largest absolute Gasteiger partial charge is 0.481 e. The maximum absolute atomic E-state index is 11.2. The number of aliphatic carboxylic acids is 1. The predicted molar refractivity (Wildman–Crippen MR) is 68.5 cm³/mol. The van der Waals surface area contributed by atoms with Crippen LogP contribution in [0.25, 0.3) is 0 Å². The van der Waals surface area contributed by atoms with Crippen molar-refractivity contribution in [2.24, 2.45) is 5.41 Å². The Morgan fingerprint density at radius 2 is 2.06 bits per heavy atom. The average Bonchev–Trinajstić information content (AvgIpc) is 2.32. The SMILES string of the molecule is CN(CCc1ccccc1)CC1(C(=O)O)COC1. The summed E-state index contributed by atoms with van der Waals surface area (Å²) < 4.78 is 5.06. The van der Waals surface area contributed by atoms with Gasteiger partial charge in [-0.2, -0.15) is 0 Å². The number of carbonyl (C=O) groups is 1. The molecule has 1 fully saturated rings. The molecule has 4 nitrogen and oxygen atoms in total. The van der Waals surface area contributed by atoms with Gasteiger partial charge in [0.1, 0.15) is 5.41 Å². The van der Waals surface area contributed by atoms with Crippen molar-refractivity contribution in [3.63, 3.8) is 0 Å². The minimum Gasteiger partial charge on any atom is -0.481 e. The molecule has 0 radical (unpaired) electrons. The highest BCUT2D eigenvalue weighted by atomic mass is 16.5. The van der Waals surface area contributed by atoms with E-state index in [2.05, 4.69) is 17.0 Å². The van der Waals surface area contributed by atoms with Crippen LogP contribution in [-0.2, 0) is 16.0 Å². The molecule has 0 aromatic heterocycles. The molecule has 1 aliphatic rings. The maximum atomic E-state index is 11.2. The summed E-state index contributed by atoms with van der Waals surface area (Å²) in [5.41, 5.74) is 0.587. The van der Waals surface area contributed by atoms with Crippen molar-refractivity contribution >= 4 is 5.97 Å². The van der Waals surface area contributed by atoms with Gasteiger partial charge in [0, 0.05) is 13.1 Å². The summed E-state index contributed by atoms with van der Waals surface area (Å²) in [7, 11) is 1.96. The monoisotopic (exact) mass is 249 g/mol. The first-order valence-corrected chi connectivity index (χ1v) is 6.16. The van der Waals surface area contributed by atoms with E-state index in [0.717, 1.165) is 13.0 Å². The third-order valence-electron chi connectivity index (χ3n) is 3.41. The topological polar surface area (TPSA) is 49.8 Å². The molecule has 98 valence electrons. The van der Waals surface area contributed by atoms with Gasteiger partial charge in [-0.3, -0.25) is 4.79 Å². The van der Waals surface area contributed by atoms with E-state index in [1.165, 1.54) is 5.56 Å². The van der Waals surface area contributed by atoms with Crippen molar-refractivity contribution in [2.45, 2.75) is 6.42 Å². The number of carboxylic acids is 1. The fourth-order valence-corrected chi connectivity index (χ4v) is 2.19. The van der Waals surface area contributed by atoms with E-state index in [-0.39, 0.29) is 0 Å². The van der Waals surface area contributed by atoms with E-state index in [0.29, 0.717) is 19.8 Å². The number of nitrogens with zero attached hydrogens (tertiary/aromatic N) is 1. The standard InChI is InChI=1S/C14H19NO3/c1-15(8-7-12-5-3-2-4-6-12)9-14(13(16)17)10-18-11-14/h2-6H,7-11H2,1H3,(H,16,17). The van der Waals surface area contributed by atoms with E-state index < -0.39 is 11.4 Å². The molecule has 1 aliphatic heterocycles. The third-order valence-corrected chi connectivity index (χ3v) is 3.41. The fourth-order valence-electron chi connectivity index (χ4n) is 2.19. The number of carboxylic acid groups (broad SMARTS) is 1. The molecule has 1 aromatic rings. The summed E-state index contributed by atoms with van der Waals surface area (Å²) in [5.74, 6) is -0.750. The van der Waals surface area contributed by atoms with Crippen molar-refractivity contribution in [2.75, 3.05) is 33.4 Å². The van der Waals surface area contributed by atoms with Crippen molar-refractivity contribution in [1.29, 1.82) is 0 Å². The van der Waals surface area contributed by atoms with Gasteiger partial charge in [-0.05, 0) is 19.0 Å². The Labute approximate surface area is 107 Å². The molecular weight excluding hydrogens is 230 g/mol. The first kappa shape index (κ1) is 13.1. The minimum atomic E-state index is -0.750. The van der Waals surface area contributed by atoms with E-state index in [4.69, 9.17) is 4.74 Å². The molecule has 0 atom stereocenters. The summed E-state index contributed by atoms with van der Waals surface area (Å²) in [6, 6.07) is 10.2. The Hall–Kier alpha value is -1.39. The van der Waals surface area contributed by atoms with Gasteiger partial charge in [-0.15, -0.1) is 0 Å². The van der Waals surface area contributed by atoms with Gasteiger partial charge in [0.2, 0.25) is 0 Å². The second-order valence-corrected chi connectivity index (χ2v) is 5.05. The van der Waals surface area contributed by atoms with Crippen molar-refractivity contribution in [3.8, 4) is 0 Å². The van der Waals surface area contributed by atoms with E-state index in [1.807, 2.05) is 25.2 Å². The lowest BCUT2D eigenvalue weighted by atomic mass is 9.85. The first-order valence-electron chi connectivity index (χ1n) is 6.16. The van der Waals surface area contributed by atoms with Crippen LogP contribution in [0.4, 0.5) is 0 Å². The summed E-state index contributed by atoms with van der Waals surface area (Å²) in [6.45, 7) is 2.07. The minimum absolute atomic E-state index is 0.331. The van der Waals surface area contributed by atoms with Crippen LogP contribution in [0, 0.1) is 5.41 Å². The summed E-state index contributed by atoms with van der Waals surface area (Å²) in [5, 5.41) is 9.21. The number of likely N-dealkylation sites (N-methyl/N-ethyl adjacent to an activating group) is 1. The molecule has 1 saturated heterocycles. The quantitative estimate of drug-likeness (QED) is 0.824. The zero-order valence-electron chi connectivity index (χ0n) is 10.6. The van der Waals surface area contributed by atoms with Crippen LogP contribution in [-0.4, -0.2) is 49.3 Å². The summed E-state index contributed by atoms with van der Waals surface area (Å²) in [6.07, 6.45) is 0.938. The Kier molecular flexibility index (Phi) is 3.99. The first-order chi connectivity index (χ1) is 8.62. The number of rotatable bonds is 6. The van der Waals surface area contributed by atoms with Crippen LogP contribution < -0.4 is 0 Å². The molecule has 1 N–H and O–H groups in total. The summed E-state index contributed by atoms with van der Waals surface area (Å²) in [4.78, 5) is 13.3. The Bertz CT molecular complexity index is 401. The van der Waals surface area contributed by atoms with Crippen LogP contribution in [0.15, 0.2) is 30.3 Å². The molecule has 0 amide bonds. The number of hydrogen-bond acceptors (Lipinski definition) is 3. The molecule has 4 heteroatoms. The molecule has 0 unspecified atom stereocenters. The maximum Gasteiger partial charge on any atom is 0.315 e. The predicted octanol–water partition coefficient (Wildman–Crippen LogP) is 1.26. The fraction of sp³-hybridized carbons (Fsp3) is 0.500. The van der Waals surface area contributed by atoms with E-state index in [1.54, 1.807) is 0 Å². The Morgan fingerprint density at radius 3 is 2.56 bits per heavy atom. The van der Waals surface area contributed by atoms with Gasteiger partial charge in [-0.25, -0.2) is 0 Å². The van der Waals surface area contributed by atoms with Crippen molar-refractivity contribution < 1.29 is 14.6 Å². The molecule has 1 aromatic carbocycles. The lowest BCUT2D eigenvalue weighted by Crippen LogP contribution is -2.55. The van der Waals surface area contributed by atoms with Crippen LogP contribution in [0.3, 0.4) is 0 Å². The van der Waals surface area contributed by atoms with E-state index >= 15 is 0 Å². The van der Waals surface area contributed by atoms with Crippen LogP contribution in [0.2, 0.25) is 0 Å². The van der Waals surface area contributed by atoms with Crippen LogP contribution in [0.1, 0.15) is 5.56 Å². The van der Waals surface area contributed by atoms with E-state index in [9.17, 15) is 9.90 Å². The van der Waals surface area contributed by atoms with Gasteiger partial charge < -0.3 is 14.7 Å². The number of ether oxygens (including phenoxy) is 1. The smallest absolute Gasteiger partial charge is 0.315 e. The third kappa shape index (κ3) is 2.89. The lowest BCUT2D eigenvalue weighted by molar-refractivity contribution is -0.182. The Morgan fingerprint density at radius 1 is 1.39 bits per heavy atom. The van der Waals surface area contributed by atoms with Gasteiger partial charge >= 0.3 is 5.97 Å². The highest BCUT2D eigenvalue weighted by molar-refractivity contribution is 5.76. The zero-order valence-corrected chi connectivity index (χ0v) is 10.6. The molecule has 0 aliphatic carbocycles. The second kappa shape index (κ2) is 5.50. The molecular formula is C14H19NO3. The highest BCUT2D eigenvalue weighted by Crippen LogP contribution is 2.28. The van der Waals surface area contributed by atoms with Crippen LogP contribution >= 0.6 is 0 Å². The molecule has 0 spiro atoms. The van der Waals surface area contributed by atoms with Crippen LogP contribution in [0.5, 0.6) is 0 Å². The second-order valence-electron chi connectivity index (χ2n) is 5.05. The lowest BCUT2D eigenvalue weighted by Gasteiger charge is -2.40. The number of hydrogen-bond donors (Lipinski definition) is 1. The molecule has 18 heavy (non-hydrogen) atoms. The van der Waals surface area contributed by atoms with Gasteiger partial charge in [0.15, 0.2) is 0 Å². The molecule has 1 heterocycles.